The van der Waals surface area contributed by atoms with E-state index in [0.717, 1.165) is 31.7 Å². The molecule has 21 heavy (non-hydrogen) atoms. The number of benzene rings is 1. The largest absolute Gasteiger partial charge is 0.369 e. The van der Waals surface area contributed by atoms with E-state index < -0.39 is 5.41 Å². The van der Waals surface area contributed by atoms with Crippen LogP contribution in [0.2, 0.25) is 0 Å². The van der Waals surface area contributed by atoms with E-state index in [4.69, 9.17) is 0 Å². The SMILES string of the molecule is C[C@@]1(c2ccc(N3CCNCC3)cc2)CCC(=O)NC1=O. The molecule has 1 atom stereocenters. The standard InChI is InChI=1S/C16H21N3O2/c1-16(7-6-14(20)18-15(16)21)12-2-4-13(5-3-12)19-10-8-17-9-11-19/h2-5,17H,6-11H2,1H3,(H,18,20,21)/t16-/m0/s1. The summed E-state index contributed by atoms with van der Waals surface area (Å²) in [7, 11) is 0. The number of hydrogen-bond acceptors (Lipinski definition) is 4. The quantitative estimate of drug-likeness (QED) is 0.790. The molecular formula is C16H21N3O2. The summed E-state index contributed by atoms with van der Waals surface area (Å²) < 4.78 is 0. The Morgan fingerprint density at radius 2 is 1.76 bits per heavy atom. The van der Waals surface area contributed by atoms with Gasteiger partial charge in [0.25, 0.3) is 0 Å². The van der Waals surface area contributed by atoms with Crippen LogP contribution in [0.15, 0.2) is 24.3 Å². The molecule has 0 aromatic heterocycles. The highest BCUT2D eigenvalue weighted by atomic mass is 16.2. The van der Waals surface area contributed by atoms with Gasteiger partial charge in [-0.15, -0.1) is 0 Å². The molecule has 2 amide bonds. The number of anilines is 1. The molecule has 5 heteroatoms. The van der Waals surface area contributed by atoms with Crippen molar-refractivity contribution in [2.75, 3.05) is 31.1 Å². The van der Waals surface area contributed by atoms with Gasteiger partial charge in [0.1, 0.15) is 0 Å². The van der Waals surface area contributed by atoms with Crippen LogP contribution in [0, 0.1) is 0 Å². The molecule has 0 aliphatic carbocycles. The maximum Gasteiger partial charge on any atom is 0.236 e. The van der Waals surface area contributed by atoms with Gasteiger partial charge in [-0.3, -0.25) is 14.9 Å². The summed E-state index contributed by atoms with van der Waals surface area (Å²) in [5.74, 6) is -0.358. The van der Waals surface area contributed by atoms with Gasteiger partial charge in [0.05, 0.1) is 5.41 Å². The van der Waals surface area contributed by atoms with Crippen LogP contribution in [0.25, 0.3) is 0 Å². The van der Waals surface area contributed by atoms with Gasteiger partial charge in [0.15, 0.2) is 0 Å². The molecule has 2 aliphatic rings. The third kappa shape index (κ3) is 2.65. The molecule has 3 rings (SSSR count). The molecule has 1 aromatic rings. The van der Waals surface area contributed by atoms with Crippen molar-refractivity contribution >= 4 is 17.5 Å². The Bertz CT molecular complexity index is 549. The molecule has 5 nitrogen and oxygen atoms in total. The number of piperazine rings is 1. The van der Waals surface area contributed by atoms with Gasteiger partial charge in [0, 0.05) is 38.3 Å². The molecular weight excluding hydrogens is 266 g/mol. The fourth-order valence-corrected chi connectivity index (χ4v) is 3.04. The Hall–Kier alpha value is -1.88. The van der Waals surface area contributed by atoms with E-state index >= 15 is 0 Å². The Morgan fingerprint density at radius 1 is 1.10 bits per heavy atom. The number of piperidine rings is 1. The van der Waals surface area contributed by atoms with Crippen molar-refractivity contribution < 1.29 is 9.59 Å². The average molecular weight is 287 g/mol. The summed E-state index contributed by atoms with van der Waals surface area (Å²) in [6.45, 7) is 5.93. The minimum atomic E-state index is -0.601. The van der Waals surface area contributed by atoms with Crippen LogP contribution < -0.4 is 15.5 Å². The predicted molar refractivity (Wildman–Crippen MR) is 81.3 cm³/mol. The van der Waals surface area contributed by atoms with Crippen molar-refractivity contribution in [2.24, 2.45) is 0 Å². The lowest BCUT2D eigenvalue weighted by Crippen LogP contribution is -2.49. The van der Waals surface area contributed by atoms with Crippen LogP contribution in [0.1, 0.15) is 25.3 Å². The molecule has 0 saturated carbocycles. The first-order valence-electron chi connectivity index (χ1n) is 7.50. The molecule has 1 aromatic carbocycles. The first-order chi connectivity index (χ1) is 10.1. The first kappa shape index (κ1) is 14.1. The zero-order valence-corrected chi connectivity index (χ0v) is 12.3. The second-order valence-electron chi connectivity index (χ2n) is 5.99. The molecule has 2 fully saturated rings. The van der Waals surface area contributed by atoms with Crippen molar-refractivity contribution in [3.63, 3.8) is 0 Å². The van der Waals surface area contributed by atoms with Crippen molar-refractivity contribution in [2.45, 2.75) is 25.2 Å². The maximum absolute atomic E-state index is 12.2. The highest BCUT2D eigenvalue weighted by Crippen LogP contribution is 2.33. The van der Waals surface area contributed by atoms with Gasteiger partial charge < -0.3 is 10.2 Å². The van der Waals surface area contributed by atoms with Crippen LogP contribution in [-0.4, -0.2) is 38.0 Å². The zero-order chi connectivity index (χ0) is 14.9. The van der Waals surface area contributed by atoms with E-state index in [9.17, 15) is 9.59 Å². The predicted octanol–water partition coefficient (Wildman–Crippen LogP) is 0.790. The molecule has 2 saturated heterocycles. The lowest BCUT2D eigenvalue weighted by Gasteiger charge is -2.33. The zero-order valence-electron chi connectivity index (χ0n) is 12.3. The lowest BCUT2D eigenvalue weighted by atomic mass is 9.75. The minimum absolute atomic E-state index is 0.171. The van der Waals surface area contributed by atoms with Crippen LogP contribution >= 0.6 is 0 Å². The summed E-state index contributed by atoms with van der Waals surface area (Å²) in [4.78, 5) is 25.8. The highest BCUT2D eigenvalue weighted by molar-refractivity contribution is 6.03. The van der Waals surface area contributed by atoms with Crippen molar-refractivity contribution in [1.82, 2.24) is 10.6 Å². The highest BCUT2D eigenvalue weighted by Gasteiger charge is 2.39. The lowest BCUT2D eigenvalue weighted by molar-refractivity contribution is -0.137. The molecule has 0 spiro atoms. The topological polar surface area (TPSA) is 61.4 Å². The van der Waals surface area contributed by atoms with Gasteiger partial charge in [-0.2, -0.15) is 0 Å². The Labute approximate surface area is 124 Å². The van der Waals surface area contributed by atoms with E-state index in [1.807, 2.05) is 19.1 Å². The number of hydrogen-bond donors (Lipinski definition) is 2. The molecule has 0 bridgehead atoms. The molecule has 2 aliphatic heterocycles. The number of carbonyl (C=O) groups excluding carboxylic acids is 2. The third-order valence-corrected chi connectivity index (χ3v) is 4.59. The van der Waals surface area contributed by atoms with E-state index in [-0.39, 0.29) is 11.8 Å². The summed E-state index contributed by atoms with van der Waals surface area (Å²) >= 11 is 0. The first-order valence-corrected chi connectivity index (χ1v) is 7.50. The van der Waals surface area contributed by atoms with Crippen LogP contribution in [-0.2, 0) is 15.0 Å². The minimum Gasteiger partial charge on any atom is -0.369 e. The van der Waals surface area contributed by atoms with E-state index in [2.05, 4.69) is 27.7 Å². The van der Waals surface area contributed by atoms with Crippen LogP contribution in [0.3, 0.4) is 0 Å². The van der Waals surface area contributed by atoms with Crippen LogP contribution in [0.5, 0.6) is 0 Å². The molecule has 112 valence electrons. The molecule has 0 unspecified atom stereocenters. The number of rotatable bonds is 2. The van der Waals surface area contributed by atoms with E-state index in [1.165, 1.54) is 5.69 Å². The molecule has 2 N–H and O–H groups in total. The van der Waals surface area contributed by atoms with E-state index in [1.54, 1.807) is 0 Å². The van der Waals surface area contributed by atoms with Gasteiger partial charge in [-0.05, 0) is 31.0 Å². The van der Waals surface area contributed by atoms with Crippen molar-refractivity contribution in [3.8, 4) is 0 Å². The normalized spacial score (nSPS) is 26.6. The Kier molecular flexibility index (Phi) is 3.68. The summed E-state index contributed by atoms with van der Waals surface area (Å²) in [6.07, 6.45) is 0.979. The summed E-state index contributed by atoms with van der Waals surface area (Å²) in [5.41, 5.74) is 1.57. The Balaban J connectivity index is 1.80. The number of amides is 2. The molecule has 0 radical (unpaired) electrons. The fraction of sp³-hybridized carbons (Fsp3) is 0.500. The average Bonchev–Trinajstić information content (AvgIpc) is 2.52. The Morgan fingerprint density at radius 3 is 2.38 bits per heavy atom. The fourth-order valence-electron chi connectivity index (χ4n) is 3.04. The summed E-state index contributed by atoms with van der Waals surface area (Å²) in [6, 6.07) is 8.20. The van der Waals surface area contributed by atoms with Gasteiger partial charge in [-0.25, -0.2) is 0 Å². The molecule has 2 heterocycles. The smallest absolute Gasteiger partial charge is 0.236 e. The van der Waals surface area contributed by atoms with Gasteiger partial charge in [-0.1, -0.05) is 12.1 Å². The third-order valence-electron chi connectivity index (χ3n) is 4.59. The van der Waals surface area contributed by atoms with E-state index in [0.29, 0.717) is 12.8 Å². The van der Waals surface area contributed by atoms with Crippen LogP contribution in [0.4, 0.5) is 5.69 Å². The monoisotopic (exact) mass is 287 g/mol. The number of nitrogens with one attached hydrogen (secondary N) is 2. The van der Waals surface area contributed by atoms with Gasteiger partial charge >= 0.3 is 0 Å². The van der Waals surface area contributed by atoms with Gasteiger partial charge in [0.2, 0.25) is 11.8 Å². The van der Waals surface area contributed by atoms with Crippen molar-refractivity contribution in [1.29, 1.82) is 0 Å². The number of carbonyl (C=O) groups is 2. The second kappa shape index (κ2) is 5.48. The summed E-state index contributed by atoms with van der Waals surface area (Å²) in [5, 5.41) is 5.79. The second-order valence-corrected chi connectivity index (χ2v) is 5.99. The maximum atomic E-state index is 12.2. The number of nitrogens with zero attached hydrogens (tertiary/aromatic N) is 1. The van der Waals surface area contributed by atoms with Crippen molar-refractivity contribution in [3.05, 3.63) is 29.8 Å². The number of imide groups is 1.